The van der Waals surface area contributed by atoms with Gasteiger partial charge in [-0.25, -0.2) is 4.98 Å². The predicted molar refractivity (Wildman–Crippen MR) is 85.9 cm³/mol. The van der Waals surface area contributed by atoms with Gasteiger partial charge in [-0.2, -0.15) is 9.61 Å². The van der Waals surface area contributed by atoms with E-state index in [1.54, 1.807) is 24.8 Å². The van der Waals surface area contributed by atoms with Crippen molar-refractivity contribution in [3.8, 4) is 0 Å². The van der Waals surface area contributed by atoms with Crippen molar-refractivity contribution in [1.82, 2.24) is 24.6 Å². The zero-order chi connectivity index (χ0) is 15.5. The molecule has 1 atom stereocenters. The molecule has 0 aliphatic rings. The minimum atomic E-state index is 0.214. The molecular weight excluding hydrogens is 276 g/mol. The molecule has 3 aromatic heterocycles. The van der Waals surface area contributed by atoms with Gasteiger partial charge in [0.15, 0.2) is 5.65 Å². The van der Waals surface area contributed by atoms with E-state index in [0.29, 0.717) is 5.92 Å². The number of hydrogen-bond acceptors (Lipinski definition) is 5. The third-order valence-corrected chi connectivity index (χ3v) is 3.50. The van der Waals surface area contributed by atoms with Gasteiger partial charge in [-0.15, -0.1) is 0 Å². The van der Waals surface area contributed by atoms with Crippen LogP contribution in [0.2, 0.25) is 0 Å². The van der Waals surface area contributed by atoms with Crippen LogP contribution in [0.5, 0.6) is 0 Å². The first-order valence-corrected chi connectivity index (χ1v) is 7.49. The normalized spacial score (nSPS) is 12.7. The van der Waals surface area contributed by atoms with Gasteiger partial charge in [-0.3, -0.25) is 9.97 Å². The molecule has 1 N–H and O–H groups in total. The number of aromatic nitrogens is 5. The lowest BCUT2D eigenvalue weighted by molar-refractivity contribution is 0.744. The Labute approximate surface area is 129 Å². The van der Waals surface area contributed by atoms with Gasteiger partial charge in [0.25, 0.3) is 0 Å². The van der Waals surface area contributed by atoms with Crippen molar-refractivity contribution < 1.29 is 0 Å². The van der Waals surface area contributed by atoms with Crippen LogP contribution in [0, 0.1) is 0 Å². The van der Waals surface area contributed by atoms with Crippen LogP contribution < -0.4 is 5.32 Å². The Balaban J connectivity index is 1.84. The summed E-state index contributed by atoms with van der Waals surface area (Å²) < 4.78 is 1.83. The Kier molecular flexibility index (Phi) is 4.00. The van der Waals surface area contributed by atoms with Crippen LogP contribution in [-0.4, -0.2) is 30.6 Å². The van der Waals surface area contributed by atoms with Gasteiger partial charge in [0.2, 0.25) is 0 Å². The van der Waals surface area contributed by atoms with E-state index in [0.717, 1.165) is 29.3 Å². The fourth-order valence-electron chi connectivity index (χ4n) is 2.38. The molecule has 0 aromatic carbocycles. The molecule has 0 bridgehead atoms. The molecule has 0 unspecified atom stereocenters. The maximum absolute atomic E-state index is 4.62. The maximum atomic E-state index is 4.62. The summed E-state index contributed by atoms with van der Waals surface area (Å²) in [5.74, 6) is 1.32. The van der Waals surface area contributed by atoms with Crippen LogP contribution in [-0.2, 0) is 6.42 Å². The van der Waals surface area contributed by atoms with Gasteiger partial charge in [0.1, 0.15) is 5.82 Å². The Bertz CT molecular complexity index is 750. The average molecular weight is 296 g/mol. The molecule has 0 amide bonds. The summed E-state index contributed by atoms with van der Waals surface area (Å²) >= 11 is 0. The summed E-state index contributed by atoms with van der Waals surface area (Å²) in [5, 5.41) is 7.85. The number of rotatable bonds is 5. The molecule has 3 aromatic rings. The van der Waals surface area contributed by atoms with E-state index in [9.17, 15) is 0 Å². The molecule has 0 aliphatic carbocycles. The number of anilines is 1. The van der Waals surface area contributed by atoms with Gasteiger partial charge in [-0.05, 0) is 12.8 Å². The molecule has 3 rings (SSSR count). The molecule has 0 saturated carbocycles. The number of hydrogen-bond donors (Lipinski definition) is 1. The molecule has 0 spiro atoms. The minimum Gasteiger partial charge on any atom is -0.367 e. The van der Waals surface area contributed by atoms with E-state index in [-0.39, 0.29) is 6.04 Å². The highest BCUT2D eigenvalue weighted by Crippen LogP contribution is 2.19. The third-order valence-electron chi connectivity index (χ3n) is 3.50. The SMILES string of the molecule is CC(C)c1cc(N[C@H](C)Cc2cnccn2)n2nccc2n1. The Morgan fingerprint density at radius 3 is 2.77 bits per heavy atom. The molecule has 0 saturated heterocycles. The van der Waals surface area contributed by atoms with Crippen LogP contribution in [0.15, 0.2) is 36.9 Å². The summed E-state index contributed by atoms with van der Waals surface area (Å²) in [6.45, 7) is 6.41. The highest BCUT2D eigenvalue weighted by Gasteiger charge is 2.12. The van der Waals surface area contributed by atoms with Gasteiger partial charge in [0, 0.05) is 48.9 Å². The molecule has 6 heteroatoms. The van der Waals surface area contributed by atoms with Crippen molar-refractivity contribution in [2.24, 2.45) is 0 Å². The smallest absolute Gasteiger partial charge is 0.157 e. The summed E-state index contributed by atoms with van der Waals surface area (Å²) in [6.07, 6.45) is 7.78. The highest BCUT2D eigenvalue weighted by molar-refractivity contribution is 5.50. The molecule has 0 radical (unpaired) electrons. The lowest BCUT2D eigenvalue weighted by Gasteiger charge is -2.17. The first kappa shape index (κ1) is 14.4. The fraction of sp³-hybridized carbons (Fsp3) is 0.375. The van der Waals surface area contributed by atoms with Crippen molar-refractivity contribution in [2.45, 2.75) is 39.2 Å². The third kappa shape index (κ3) is 3.05. The van der Waals surface area contributed by atoms with E-state index < -0.39 is 0 Å². The van der Waals surface area contributed by atoms with Crippen molar-refractivity contribution >= 4 is 11.5 Å². The van der Waals surface area contributed by atoms with Crippen LogP contribution in [0.25, 0.3) is 5.65 Å². The van der Waals surface area contributed by atoms with E-state index in [1.165, 1.54) is 0 Å². The van der Waals surface area contributed by atoms with Gasteiger partial charge in [-0.1, -0.05) is 13.8 Å². The van der Waals surface area contributed by atoms with Crippen LogP contribution in [0.4, 0.5) is 5.82 Å². The molecule has 6 nitrogen and oxygen atoms in total. The van der Waals surface area contributed by atoms with Gasteiger partial charge >= 0.3 is 0 Å². The van der Waals surface area contributed by atoms with Crippen molar-refractivity contribution in [3.05, 3.63) is 48.3 Å². The Hall–Kier alpha value is -2.50. The zero-order valence-corrected chi connectivity index (χ0v) is 13.1. The quantitative estimate of drug-likeness (QED) is 0.784. The molecule has 22 heavy (non-hydrogen) atoms. The van der Waals surface area contributed by atoms with Gasteiger partial charge in [0.05, 0.1) is 11.9 Å². The number of fused-ring (bicyclic) bond motifs is 1. The lowest BCUT2D eigenvalue weighted by atomic mass is 10.1. The first-order chi connectivity index (χ1) is 10.6. The fourth-order valence-corrected chi connectivity index (χ4v) is 2.38. The number of nitrogens with one attached hydrogen (secondary N) is 1. The summed E-state index contributed by atoms with van der Waals surface area (Å²) in [7, 11) is 0. The van der Waals surface area contributed by atoms with E-state index in [4.69, 9.17) is 0 Å². The molecule has 0 aliphatic heterocycles. The standard InChI is InChI=1S/C16H20N6/c1-11(2)14-9-16(22-15(21-14)4-5-19-22)20-12(3)8-13-10-17-6-7-18-13/h4-7,9-12,20H,8H2,1-3H3/t12-/m1/s1. The van der Waals surface area contributed by atoms with Gasteiger partial charge < -0.3 is 5.32 Å². The first-order valence-electron chi connectivity index (χ1n) is 7.49. The monoisotopic (exact) mass is 296 g/mol. The number of nitrogens with zero attached hydrogens (tertiary/aromatic N) is 5. The highest BCUT2D eigenvalue weighted by atomic mass is 15.3. The van der Waals surface area contributed by atoms with Crippen LogP contribution >= 0.6 is 0 Å². The van der Waals surface area contributed by atoms with Crippen molar-refractivity contribution in [3.63, 3.8) is 0 Å². The predicted octanol–water partition coefficient (Wildman–Crippen LogP) is 2.69. The Morgan fingerprint density at radius 2 is 2.05 bits per heavy atom. The molecule has 3 heterocycles. The topological polar surface area (TPSA) is 68.0 Å². The van der Waals surface area contributed by atoms with E-state index in [1.807, 2.05) is 10.6 Å². The van der Waals surface area contributed by atoms with Crippen molar-refractivity contribution in [2.75, 3.05) is 5.32 Å². The van der Waals surface area contributed by atoms with Crippen molar-refractivity contribution in [1.29, 1.82) is 0 Å². The second kappa shape index (κ2) is 6.09. The second-order valence-electron chi connectivity index (χ2n) is 5.77. The van der Waals surface area contributed by atoms with Crippen LogP contribution in [0.1, 0.15) is 38.1 Å². The van der Waals surface area contributed by atoms with Crippen LogP contribution in [0.3, 0.4) is 0 Å². The van der Waals surface area contributed by atoms with E-state index >= 15 is 0 Å². The maximum Gasteiger partial charge on any atom is 0.157 e. The average Bonchev–Trinajstić information content (AvgIpc) is 2.96. The zero-order valence-electron chi connectivity index (χ0n) is 13.1. The second-order valence-corrected chi connectivity index (χ2v) is 5.77. The summed E-state index contributed by atoms with van der Waals surface area (Å²) in [5.41, 5.74) is 2.89. The Morgan fingerprint density at radius 1 is 1.18 bits per heavy atom. The molecule has 114 valence electrons. The largest absolute Gasteiger partial charge is 0.367 e. The van der Waals surface area contributed by atoms with E-state index in [2.05, 4.69) is 52.2 Å². The summed E-state index contributed by atoms with van der Waals surface area (Å²) in [4.78, 5) is 13.1. The minimum absolute atomic E-state index is 0.214. The lowest BCUT2D eigenvalue weighted by Crippen LogP contribution is -2.21. The molecular formula is C16H20N6. The molecule has 0 fully saturated rings. The summed E-state index contributed by atoms with van der Waals surface area (Å²) in [6, 6.07) is 4.20.